The van der Waals surface area contributed by atoms with Gasteiger partial charge in [-0.1, -0.05) is 12.1 Å². The fourth-order valence-electron chi connectivity index (χ4n) is 2.87. The summed E-state index contributed by atoms with van der Waals surface area (Å²) in [5, 5.41) is 10.3. The molecule has 1 aromatic rings. The number of hydrogen-bond donors (Lipinski definition) is 1. The smallest absolute Gasteiger partial charge is 0.123 e. The van der Waals surface area contributed by atoms with Gasteiger partial charge in [0.15, 0.2) is 0 Å². The van der Waals surface area contributed by atoms with E-state index in [-0.39, 0.29) is 5.82 Å². The highest BCUT2D eigenvalue weighted by atomic mass is 19.1. The van der Waals surface area contributed by atoms with Gasteiger partial charge in [-0.05, 0) is 43.4 Å². The monoisotopic (exact) mass is 279 g/mol. The molecule has 1 aliphatic carbocycles. The average molecular weight is 279 g/mol. The van der Waals surface area contributed by atoms with Gasteiger partial charge in [0.25, 0.3) is 0 Å². The fourth-order valence-corrected chi connectivity index (χ4v) is 2.87. The Morgan fingerprint density at radius 1 is 1.25 bits per heavy atom. The molecule has 20 heavy (non-hydrogen) atoms. The lowest BCUT2D eigenvalue weighted by Crippen LogP contribution is -2.37. The highest BCUT2D eigenvalue weighted by molar-refractivity contribution is 5.18. The number of nitrogens with zero attached hydrogens (tertiary/aromatic N) is 1. The maximum Gasteiger partial charge on any atom is 0.123 e. The van der Waals surface area contributed by atoms with E-state index >= 15 is 0 Å². The molecule has 0 bridgehead atoms. The van der Waals surface area contributed by atoms with Crippen molar-refractivity contribution in [1.29, 1.82) is 0 Å². The molecule has 1 heterocycles. The summed E-state index contributed by atoms with van der Waals surface area (Å²) in [6.07, 6.45) is 4.44. The van der Waals surface area contributed by atoms with Gasteiger partial charge in [0.05, 0.1) is 12.2 Å². The number of hydrogen-bond acceptors (Lipinski definition) is 3. The first-order valence-electron chi connectivity index (χ1n) is 7.51. The quantitative estimate of drug-likeness (QED) is 0.868. The Morgan fingerprint density at radius 2 is 2.00 bits per heavy atom. The van der Waals surface area contributed by atoms with Gasteiger partial charge in [-0.3, -0.25) is 4.90 Å². The molecule has 0 unspecified atom stereocenters. The summed E-state index contributed by atoms with van der Waals surface area (Å²) in [6, 6.07) is 6.73. The van der Waals surface area contributed by atoms with Crippen molar-refractivity contribution in [3.8, 4) is 0 Å². The van der Waals surface area contributed by atoms with Gasteiger partial charge in [-0.25, -0.2) is 4.39 Å². The fraction of sp³-hybridized carbons (Fsp3) is 0.625. The lowest BCUT2D eigenvalue weighted by molar-refractivity contribution is 0.0457. The Balaban J connectivity index is 1.59. The van der Waals surface area contributed by atoms with Gasteiger partial charge >= 0.3 is 0 Å². The molecule has 2 atom stereocenters. The zero-order valence-corrected chi connectivity index (χ0v) is 11.7. The first-order valence-corrected chi connectivity index (χ1v) is 7.51. The maximum atomic E-state index is 12.9. The van der Waals surface area contributed by atoms with E-state index in [1.165, 1.54) is 25.0 Å². The average Bonchev–Trinajstić information content (AvgIpc) is 3.17. The Hall–Kier alpha value is -0.970. The molecule has 1 aromatic carbocycles. The summed E-state index contributed by atoms with van der Waals surface area (Å²) >= 11 is 0. The van der Waals surface area contributed by atoms with Gasteiger partial charge in [0.2, 0.25) is 0 Å². The molecule has 1 aliphatic heterocycles. The molecule has 2 aliphatic rings. The van der Waals surface area contributed by atoms with Crippen molar-refractivity contribution in [1.82, 2.24) is 4.90 Å². The Bertz CT molecular complexity index is 427. The lowest BCUT2D eigenvalue weighted by atomic mass is 10.1. The number of ether oxygens (including phenoxy) is 1. The third-order valence-corrected chi connectivity index (χ3v) is 4.19. The maximum absolute atomic E-state index is 12.9. The van der Waals surface area contributed by atoms with E-state index in [0.29, 0.717) is 18.7 Å². The minimum absolute atomic E-state index is 0.264. The lowest BCUT2D eigenvalue weighted by Gasteiger charge is -2.27. The Labute approximate surface area is 119 Å². The number of benzene rings is 1. The zero-order valence-electron chi connectivity index (χ0n) is 11.7. The van der Waals surface area contributed by atoms with Crippen molar-refractivity contribution < 1.29 is 14.2 Å². The molecule has 1 N–H and O–H groups in total. The summed E-state index contributed by atoms with van der Waals surface area (Å²) in [5.41, 5.74) is 0.782. The second-order valence-electron chi connectivity index (χ2n) is 5.89. The summed E-state index contributed by atoms with van der Waals surface area (Å²) in [7, 11) is 0. The second kappa shape index (κ2) is 6.20. The highest BCUT2D eigenvalue weighted by Gasteiger charge is 2.32. The molecule has 3 rings (SSSR count). The predicted octanol–water partition coefficient (Wildman–Crippen LogP) is 2.50. The standard InChI is InChI=1S/C16H22FNO2/c17-13-5-3-12(4-6-13)16(19)11-18(14-7-8-14)10-15-2-1-9-20-15/h3-6,14-16,19H,1-2,7-11H2/t15-,16+/m0/s1. The Kier molecular flexibility index (Phi) is 4.34. The topological polar surface area (TPSA) is 32.7 Å². The molecule has 3 nitrogen and oxygen atoms in total. The molecule has 0 amide bonds. The van der Waals surface area contributed by atoms with E-state index in [2.05, 4.69) is 4.90 Å². The number of halogens is 1. The van der Waals surface area contributed by atoms with Crippen molar-refractivity contribution in [2.24, 2.45) is 0 Å². The summed E-state index contributed by atoms with van der Waals surface area (Å²) in [5.74, 6) is -0.264. The molecular weight excluding hydrogens is 257 g/mol. The largest absolute Gasteiger partial charge is 0.387 e. The zero-order chi connectivity index (χ0) is 13.9. The van der Waals surface area contributed by atoms with Crippen LogP contribution >= 0.6 is 0 Å². The van der Waals surface area contributed by atoms with Crippen LogP contribution in [0.1, 0.15) is 37.4 Å². The third-order valence-electron chi connectivity index (χ3n) is 4.19. The van der Waals surface area contributed by atoms with Gasteiger partial charge in [0.1, 0.15) is 5.82 Å². The second-order valence-corrected chi connectivity index (χ2v) is 5.89. The SMILES string of the molecule is O[C@H](CN(C[C@@H]1CCCO1)C1CC1)c1ccc(F)cc1. The van der Waals surface area contributed by atoms with Gasteiger partial charge in [-0.2, -0.15) is 0 Å². The normalized spacial score (nSPS) is 24.2. The molecule has 0 spiro atoms. The summed E-state index contributed by atoms with van der Waals surface area (Å²) in [6.45, 7) is 2.38. The number of aliphatic hydroxyl groups is 1. The van der Waals surface area contributed by atoms with Crippen LogP contribution in [0.25, 0.3) is 0 Å². The van der Waals surface area contributed by atoms with Crippen LogP contribution in [0.3, 0.4) is 0 Å². The van der Waals surface area contributed by atoms with E-state index in [1.807, 2.05) is 0 Å². The van der Waals surface area contributed by atoms with E-state index < -0.39 is 6.10 Å². The molecule has 1 saturated heterocycles. The van der Waals surface area contributed by atoms with E-state index in [1.54, 1.807) is 12.1 Å². The number of rotatable bonds is 6. The molecule has 110 valence electrons. The van der Waals surface area contributed by atoms with E-state index in [0.717, 1.165) is 31.6 Å². The van der Waals surface area contributed by atoms with Gasteiger partial charge in [-0.15, -0.1) is 0 Å². The van der Waals surface area contributed by atoms with E-state index in [9.17, 15) is 9.50 Å². The van der Waals surface area contributed by atoms with Crippen LogP contribution in [0.4, 0.5) is 4.39 Å². The van der Waals surface area contributed by atoms with Gasteiger partial charge < -0.3 is 9.84 Å². The van der Waals surface area contributed by atoms with Gasteiger partial charge in [0, 0.05) is 25.7 Å². The third kappa shape index (κ3) is 3.57. The van der Waals surface area contributed by atoms with Crippen molar-refractivity contribution >= 4 is 0 Å². The first-order chi connectivity index (χ1) is 9.72. The molecular formula is C16H22FNO2. The van der Waals surface area contributed by atoms with Crippen molar-refractivity contribution in [2.45, 2.75) is 43.9 Å². The molecule has 1 saturated carbocycles. The van der Waals surface area contributed by atoms with Crippen molar-refractivity contribution in [3.05, 3.63) is 35.6 Å². The summed E-state index contributed by atoms with van der Waals surface area (Å²) in [4.78, 5) is 2.34. The molecule has 2 fully saturated rings. The van der Waals surface area contributed by atoms with Crippen molar-refractivity contribution in [2.75, 3.05) is 19.7 Å². The minimum Gasteiger partial charge on any atom is -0.387 e. The van der Waals surface area contributed by atoms with Crippen molar-refractivity contribution in [3.63, 3.8) is 0 Å². The van der Waals surface area contributed by atoms with E-state index in [4.69, 9.17) is 4.74 Å². The first kappa shape index (κ1) is 14.0. The highest BCUT2D eigenvalue weighted by Crippen LogP contribution is 2.30. The Morgan fingerprint density at radius 3 is 2.60 bits per heavy atom. The minimum atomic E-state index is -0.558. The molecule has 0 aromatic heterocycles. The molecule has 4 heteroatoms. The molecule has 0 radical (unpaired) electrons. The van der Waals surface area contributed by atoms with Crippen LogP contribution in [-0.4, -0.2) is 41.8 Å². The van der Waals surface area contributed by atoms with Crippen LogP contribution < -0.4 is 0 Å². The summed E-state index contributed by atoms with van der Waals surface area (Å²) < 4.78 is 18.6. The number of aliphatic hydroxyl groups excluding tert-OH is 1. The van der Waals surface area contributed by atoms with Crippen LogP contribution in [0.2, 0.25) is 0 Å². The van der Waals surface area contributed by atoms with Crippen LogP contribution in [0.5, 0.6) is 0 Å². The van der Waals surface area contributed by atoms with Crippen LogP contribution in [0.15, 0.2) is 24.3 Å². The van der Waals surface area contributed by atoms with Crippen LogP contribution in [0, 0.1) is 5.82 Å². The predicted molar refractivity (Wildman–Crippen MR) is 74.9 cm³/mol. The van der Waals surface area contributed by atoms with Crippen LogP contribution in [-0.2, 0) is 4.74 Å².